The van der Waals surface area contributed by atoms with Crippen molar-refractivity contribution >= 4 is 28.9 Å². The van der Waals surface area contributed by atoms with Gasteiger partial charge in [-0.25, -0.2) is 19.6 Å². The van der Waals surface area contributed by atoms with E-state index in [9.17, 15) is 19.8 Å². The second-order valence-corrected chi connectivity index (χ2v) is 8.38. The SMILES string of the molecule is Nc1ncnc2c1c(-c1ccc(OCc3ccccc3)cc1)cn2[C@H]1C[C@H](C(=O)O)N(C(=O)O)C1. The molecule has 4 aromatic rings. The number of fused-ring (bicyclic) bond motifs is 1. The molecular weight excluding hydrogens is 450 g/mol. The predicted molar refractivity (Wildman–Crippen MR) is 128 cm³/mol. The Morgan fingerprint density at radius 3 is 2.46 bits per heavy atom. The van der Waals surface area contributed by atoms with Crippen LogP contribution in [0.25, 0.3) is 22.2 Å². The van der Waals surface area contributed by atoms with Crippen LogP contribution in [0.3, 0.4) is 0 Å². The number of amides is 1. The number of nitrogens with two attached hydrogens (primary N) is 1. The molecule has 1 fully saturated rings. The van der Waals surface area contributed by atoms with Gasteiger partial charge in [0.15, 0.2) is 0 Å². The summed E-state index contributed by atoms with van der Waals surface area (Å²) in [4.78, 5) is 32.7. The lowest BCUT2D eigenvalue weighted by Gasteiger charge is -2.17. The highest BCUT2D eigenvalue weighted by molar-refractivity contribution is 6.00. The van der Waals surface area contributed by atoms with Crippen LogP contribution in [0, 0.1) is 0 Å². The minimum atomic E-state index is -1.27. The van der Waals surface area contributed by atoms with Gasteiger partial charge in [-0.05, 0) is 23.3 Å². The highest BCUT2D eigenvalue weighted by atomic mass is 16.5. The molecule has 10 heteroatoms. The summed E-state index contributed by atoms with van der Waals surface area (Å²) >= 11 is 0. The molecule has 5 rings (SSSR count). The van der Waals surface area contributed by atoms with Gasteiger partial charge in [0.05, 0.1) is 11.4 Å². The normalized spacial score (nSPS) is 17.5. The number of nitrogens with zero attached hydrogens (tertiary/aromatic N) is 4. The number of nitrogen functional groups attached to an aromatic ring is 1. The average molecular weight is 473 g/mol. The molecule has 10 nitrogen and oxygen atoms in total. The Bertz CT molecular complexity index is 1360. The van der Waals surface area contributed by atoms with E-state index in [0.717, 1.165) is 21.6 Å². The van der Waals surface area contributed by atoms with Gasteiger partial charge in [0, 0.05) is 24.7 Å². The van der Waals surface area contributed by atoms with Gasteiger partial charge in [0.2, 0.25) is 0 Å². The van der Waals surface area contributed by atoms with E-state index in [1.165, 1.54) is 6.33 Å². The predicted octanol–water partition coefficient (Wildman–Crippen LogP) is 3.64. The van der Waals surface area contributed by atoms with Gasteiger partial charge in [-0.1, -0.05) is 42.5 Å². The van der Waals surface area contributed by atoms with E-state index in [4.69, 9.17) is 10.5 Å². The molecule has 0 aliphatic carbocycles. The first-order chi connectivity index (χ1) is 16.9. The lowest BCUT2D eigenvalue weighted by Crippen LogP contribution is -2.39. The first-order valence-electron chi connectivity index (χ1n) is 11.0. The number of rotatable bonds is 6. The molecule has 1 amide bonds. The van der Waals surface area contributed by atoms with E-state index in [2.05, 4.69) is 9.97 Å². The van der Waals surface area contributed by atoms with Gasteiger partial charge >= 0.3 is 12.1 Å². The van der Waals surface area contributed by atoms with Crippen molar-refractivity contribution in [2.24, 2.45) is 0 Å². The fourth-order valence-electron chi connectivity index (χ4n) is 4.54. The number of ether oxygens (including phenoxy) is 1. The van der Waals surface area contributed by atoms with E-state index in [-0.39, 0.29) is 18.8 Å². The Labute approximate surface area is 200 Å². The fraction of sp³-hybridized carbons (Fsp3) is 0.200. The van der Waals surface area contributed by atoms with Crippen molar-refractivity contribution in [3.05, 3.63) is 72.7 Å². The zero-order valence-electron chi connectivity index (χ0n) is 18.6. The number of aliphatic carboxylic acids is 1. The van der Waals surface area contributed by atoms with Crippen LogP contribution in [0.1, 0.15) is 18.0 Å². The molecule has 0 unspecified atom stereocenters. The largest absolute Gasteiger partial charge is 0.489 e. The van der Waals surface area contributed by atoms with Crippen molar-refractivity contribution in [2.75, 3.05) is 12.3 Å². The second-order valence-electron chi connectivity index (χ2n) is 8.38. The Morgan fingerprint density at radius 1 is 1.06 bits per heavy atom. The molecule has 1 saturated heterocycles. The zero-order chi connectivity index (χ0) is 24.5. The van der Waals surface area contributed by atoms with Gasteiger partial charge in [0.1, 0.15) is 36.2 Å². The van der Waals surface area contributed by atoms with Crippen molar-refractivity contribution < 1.29 is 24.5 Å². The third-order valence-electron chi connectivity index (χ3n) is 6.26. The molecular formula is C25H23N5O5. The molecule has 0 spiro atoms. The van der Waals surface area contributed by atoms with Gasteiger partial charge < -0.3 is 25.3 Å². The van der Waals surface area contributed by atoms with Crippen molar-refractivity contribution in [1.82, 2.24) is 19.4 Å². The Balaban J connectivity index is 1.47. The maximum Gasteiger partial charge on any atom is 0.408 e. The number of likely N-dealkylation sites (tertiary alicyclic amines) is 1. The standard InChI is InChI=1S/C25H23N5O5/c26-22-21-19(16-6-8-18(9-7-16)35-13-15-4-2-1-3-5-15)12-29(23(21)28-14-27-22)17-10-20(24(31)32)30(11-17)25(33)34/h1-9,12,14,17,20H,10-11,13H2,(H,31,32)(H,33,34)(H2,26,27,28)/t17-,20+/m0/s1. The summed E-state index contributed by atoms with van der Waals surface area (Å²) < 4.78 is 7.68. The van der Waals surface area contributed by atoms with Crippen LogP contribution in [0.15, 0.2) is 67.1 Å². The number of carboxylic acids is 1. The van der Waals surface area contributed by atoms with E-state index < -0.39 is 24.1 Å². The van der Waals surface area contributed by atoms with Gasteiger partial charge in [-0.3, -0.25) is 4.90 Å². The number of carbonyl (C=O) groups is 2. The number of benzene rings is 2. The van der Waals surface area contributed by atoms with E-state index in [1.807, 2.05) is 60.8 Å². The summed E-state index contributed by atoms with van der Waals surface area (Å²) in [7, 11) is 0. The molecule has 2 atom stereocenters. The molecule has 0 radical (unpaired) electrons. The molecule has 2 aromatic heterocycles. The molecule has 178 valence electrons. The van der Waals surface area contributed by atoms with Crippen LogP contribution in [0.2, 0.25) is 0 Å². The summed E-state index contributed by atoms with van der Waals surface area (Å²) in [6.07, 6.45) is 2.04. The number of hydrogen-bond donors (Lipinski definition) is 3. The third-order valence-corrected chi connectivity index (χ3v) is 6.26. The maximum atomic E-state index is 11.6. The van der Waals surface area contributed by atoms with Crippen LogP contribution in [-0.4, -0.2) is 54.3 Å². The molecule has 3 heterocycles. The minimum Gasteiger partial charge on any atom is -0.489 e. The van der Waals surface area contributed by atoms with Crippen LogP contribution < -0.4 is 10.5 Å². The van der Waals surface area contributed by atoms with Crippen molar-refractivity contribution in [3.63, 3.8) is 0 Å². The molecule has 0 saturated carbocycles. The molecule has 1 aliphatic heterocycles. The average Bonchev–Trinajstić information content (AvgIpc) is 3.47. The Hall–Kier alpha value is -4.60. The first kappa shape index (κ1) is 22.2. The number of carboxylic acid groups (broad SMARTS) is 2. The molecule has 4 N–H and O–H groups in total. The number of aromatic nitrogens is 3. The van der Waals surface area contributed by atoms with Crippen LogP contribution in [0.5, 0.6) is 5.75 Å². The second kappa shape index (κ2) is 8.98. The van der Waals surface area contributed by atoms with Crippen molar-refractivity contribution in [3.8, 4) is 16.9 Å². The monoisotopic (exact) mass is 473 g/mol. The summed E-state index contributed by atoms with van der Waals surface area (Å²) in [5, 5.41) is 19.6. The maximum absolute atomic E-state index is 11.6. The summed E-state index contributed by atoms with van der Waals surface area (Å²) in [6, 6.07) is 15.9. The topological polar surface area (TPSA) is 144 Å². The highest BCUT2D eigenvalue weighted by Gasteiger charge is 2.41. The number of hydrogen-bond acceptors (Lipinski definition) is 6. The Kier molecular flexibility index (Phi) is 5.69. The quantitative estimate of drug-likeness (QED) is 0.385. The molecule has 2 aromatic carbocycles. The number of anilines is 1. The van der Waals surface area contributed by atoms with Crippen molar-refractivity contribution in [2.45, 2.75) is 25.1 Å². The van der Waals surface area contributed by atoms with Crippen molar-refractivity contribution in [1.29, 1.82) is 0 Å². The van der Waals surface area contributed by atoms with E-state index >= 15 is 0 Å². The summed E-state index contributed by atoms with van der Waals surface area (Å²) in [5.74, 6) is -0.175. The third kappa shape index (κ3) is 4.21. The highest BCUT2D eigenvalue weighted by Crippen LogP contribution is 2.38. The Morgan fingerprint density at radius 2 is 1.80 bits per heavy atom. The molecule has 35 heavy (non-hydrogen) atoms. The lowest BCUT2D eigenvalue weighted by molar-refractivity contribution is -0.141. The van der Waals surface area contributed by atoms with E-state index in [1.54, 1.807) is 4.57 Å². The minimum absolute atomic E-state index is 0.0334. The lowest BCUT2D eigenvalue weighted by atomic mass is 10.1. The van der Waals surface area contributed by atoms with Gasteiger partial charge in [-0.15, -0.1) is 0 Å². The molecule has 0 bridgehead atoms. The van der Waals surface area contributed by atoms with Crippen LogP contribution >= 0.6 is 0 Å². The van der Waals surface area contributed by atoms with Gasteiger partial charge in [0.25, 0.3) is 0 Å². The first-order valence-corrected chi connectivity index (χ1v) is 11.0. The molecule has 1 aliphatic rings. The zero-order valence-corrected chi connectivity index (χ0v) is 18.6. The summed E-state index contributed by atoms with van der Waals surface area (Å²) in [5.41, 5.74) is 9.43. The van der Waals surface area contributed by atoms with Gasteiger partial charge in [-0.2, -0.15) is 0 Å². The van der Waals surface area contributed by atoms with Crippen LogP contribution in [0.4, 0.5) is 10.6 Å². The van der Waals surface area contributed by atoms with Crippen LogP contribution in [-0.2, 0) is 11.4 Å². The summed E-state index contributed by atoms with van der Waals surface area (Å²) in [6.45, 7) is 0.485. The smallest absolute Gasteiger partial charge is 0.408 e. The van der Waals surface area contributed by atoms with E-state index in [0.29, 0.717) is 23.4 Å². The fourth-order valence-corrected chi connectivity index (χ4v) is 4.54.